The monoisotopic (exact) mass is 216 g/mol. The number of phenolic OH excluding ortho intramolecular Hbond substituents is 1. The Balaban J connectivity index is 2.38. The number of aromatic hydroxyl groups is 1. The van der Waals surface area contributed by atoms with Gasteiger partial charge in [-0.15, -0.1) is 0 Å². The number of carbonyl (C=O) groups excluding carboxylic acids is 1. The van der Waals surface area contributed by atoms with E-state index >= 15 is 0 Å². The molecule has 3 nitrogen and oxygen atoms in total. The van der Waals surface area contributed by atoms with Crippen molar-refractivity contribution in [3.05, 3.63) is 42.0 Å². The molecule has 0 unspecified atom stereocenters. The quantitative estimate of drug-likeness (QED) is 0.785. The van der Waals surface area contributed by atoms with Gasteiger partial charge in [0.05, 0.1) is 0 Å². The van der Waals surface area contributed by atoms with E-state index in [-0.39, 0.29) is 18.3 Å². The van der Waals surface area contributed by atoms with Gasteiger partial charge in [-0.1, -0.05) is 24.3 Å². The fourth-order valence-electron chi connectivity index (χ4n) is 1.57. The number of hydrogen-bond acceptors (Lipinski definition) is 3. The molecule has 0 amide bonds. The molecule has 0 saturated heterocycles. The van der Waals surface area contributed by atoms with Crippen molar-refractivity contribution in [2.75, 3.05) is 0 Å². The molecule has 0 radical (unpaired) electrons. The van der Waals surface area contributed by atoms with Crippen molar-refractivity contribution in [1.29, 1.82) is 0 Å². The molecular weight excluding hydrogens is 204 g/mol. The van der Waals surface area contributed by atoms with Crippen molar-refractivity contribution in [2.24, 2.45) is 0 Å². The fourth-order valence-corrected chi connectivity index (χ4v) is 1.57. The number of hydrogen-bond donors (Lipinski definition) is 1. The lowest BCUT2D eigenvalue weighted by Crippen LogP contribution is -1.99. The van der Waals surface area contributed by atoms with Crippen LogP contribution in [0.25, 0.3) is 10.8 Å². The molecule has 3 heteroatoms. The van der Waals surface area contributed by atoms with Crippen LogP contribution in [0.15, 0.2) is 36.4 Å². The van der Waals surface area contributed by atoms with Gasteiger partial charge in [0.15, 0.2) is 0 Å². The predicted molar refractivity (Wildman–Crippen MR) is 61.1 cm³/mol. The van der Waals surface area contributed by atoms with Crippen molar-refractivity contribution in [3.63, 3.8) is 0 Å². The van der Waals surface area contributed by atoms with Crippen molar-refractivity contribution in [1.82, 2.24) is 0 Å². The summed E-state index contributed by atoms with van der Waals surface area (Å²) in [5, 5.41) is 11.7. The molecule has 0 bridgehead atoms. The van der Waals surface area contributed by atoms with Gasteiger partial charge in [-0.3, -0.25) is 4.79 Å². The van der Waals surface area contributed by atoms with Gasteiger partial charge in [-0.05, 0) is 22.9 Å². The third kappa shape index (κ3) is 2.14. The third-order valence-electron chi connectivity index (χ3n) is 2.38. The fraction of sp³-hybridized carbons (Fsp3) is 0.154. The highest BCUT2D eigenvalue weighted by Crippen LogP contribution is 2.25. The van der Waals surface area contributed by atoms with Crippen LogP contribution in [-0.2, 0) is 16.1 Å². The maximum Gasteiger partial charge on any atom is 0.302 e. The zero-order valence-electron chi connectivity index (χ0n) is 8.93. The number of fused-ring (bicyclic) bond motifs is 1. The summed E-state index contributed by atoms with van der Waals surface area (Å²) in [5.74, 6) is -0.201. The van der Waals surface area contributed by atoms with Crippen LogP contribution in [0.4, 0.5) is 0 Å². The second-order valence-corrected chi connectivity index (χ2v) is 3.61. The molecule has 16 heavy (non-hydrogen) atoms. The summed E-state index contributed by atoms with van der Waals surface area (Å²) >= 11 is 0. The van der Waals surface area contributed by atoms with Crippen LogP contribution in [0, 0.1) is 0 Å². The highest BCUT2D eigenvalue weighted by molar-refractivity contribution is 5.84. The molecule has 0 spiro atoms. The summed E-state index contributed by atoms with van der Waals surface area (Å²) in [4.78, 5) is 10.7. The lowest BCUT2D eigenvalue weighted by molar-refractivity contribution is -0.142. The summed E-state index contributed by atoms with van der Waals surface area (Å²) in [6, 6.07) is 11.2. The van der Waals surface area contributed by atoms with Gasteiger partial charge in [-0.2, -0.15) is 0 Å². The summed E-state index contributed by atoms with van der Waals surface area (Å²) in [7, 11) is 0. The Kier molecular flexibility index (Phi) is 2.77. The average Bonchev–Trinajstić information content (AvgIpc) is 2.26. The van der Waals surface area contributed by atoms with Gasteiger partial charge >= 0.3 is 5.97 Å². The van der Waals surface area contributed by atoms with E-state index in [9.17, 15) is 9.90 Å². The molecule has 0 aliphatic carbocycles. The molecule has 0 heterocycles. The molecule has 0 aliphatic heterocycles. The Labute approximate surface area is 93.3 Å². The van der Waals surface area contributed by atoms with E-state index in [4.69, 9.17) is 4.74 Å². The number of phenols is 1. The van der Waals surface area contributed by atoms with E-state index in [0.717, 1.165) is 10.8 Å². The summed E-state index contributed by atoms with van der Waals surface area (Å²) in [6.45, 7) is 1.45. The van der Waals surface area contributed by atoms with Crippen LogP contribution in [0.5, 0.6) is 5.75 Å². The Morgan fingerprint density at radius 2 is 1.88 bits per heavy atom. The van der Waals surface area contributed by atoms with Crippen LogP contribution in [0.1, 0.15) is 12.5 Å². The van der Waals surface area contributed by atoms with Crippen LogP contribution in [0.3, 0.4) is 0 Å². The molecule has 2 aromatic carbocycles. The van der Waals surface area contributed by atoms with Gasteiger partial charge in [0, 0.05) is 12.5 Å². The molecule has 0 saturated carbocycles. The summed E-state index contributed by atoms with van der Waals surface area (Å²) < 4.78 is 4.86. The molecule has 2 rings (SSSR count). The van der Waals surface area contributed by atoms with Crippen molar-refractivity contribution >= 4 is 16.7 Å². The Morgan fingerprint density at radius 1 is 1.25 bits per heavy atom. The first kappa shape index (κ1) is 10.5. The van der Waals surface area contributed by atoms with Crippen LogP contribution < -0.4 is 0 Å². The average molecular weight is 216 g/mol. The van der Waals surface area contributed by atoms with Crippen LogP contribution >= 0.6 is 0 Å². The maximum absolute atomic E-state index is 10.7. The van der Waals surface area contributed by atoms with Gasteiger partial charge in [0.25, 0.3) is 0 Å². The van der Waals surface area contributed by atoms with Gasteiger partial charge in [0.2, 0.25) is 0 Å². The minimum absolute atomic E-state index is 0.103. The first-order valence-corrected chi connectivity index (χ1v) is 5.01. The molecule has 1 N–H and O–H groups in total. The Hall–Kier alpha value is -2.03. The van der Waals surface area contributed by atoms with Gasteiger partial charge < -0.3 is 9.84 Å². The first-order chi connectivity index (χ1) is 7.66. The van der Waals surface area contributed by atoms with E-state index in [1.54, 1.807) is 6.07 Å². The zero-order valence-corrected chi connectivity index (χ0v) is 8.93. The normalized spacial score (nSPS) is 10.3. The highest BCUT2D eigenvalue weighted by atomic mass is 16.5. The lowest BCUT2D eigenvalue weighted by atomic mass is 10.1. The molecular formula is C13H12O3. The minimum atomic E-state index is -0.354. The standard InChI is InChI=1S/C13H12O3/c1-9(14)16-8-12-6-10-4-2-3-5-11(10)7-13(12)15/h2-7,15H,8H2,1H3. The summed E-state index contributed by atoms with van der Waals surface area (Å²) in [6.07, 6.45) is 0. The first-order valence-electron chi connectivity index (χ1n) is 5.01. The number of carbonyl (C=O) groups is 1. The van der Waals surface area contributed by atoms with E-state index < -0.39 is 0 Å². The topological polar surface area (TPSA) is 46.5 Å². The minimum Gasteiger partial charge on any atom is -0.508 e. The van der Waals surface area contributed by atoms with Crippen LogP contribution in [0.2, 0.25) is 0 Å². The van der Waals surface area contributed by atoms with E-state index in [1.807, 2.05) is 30.3 Å². The lowest BCUT2D eigenvalue weighted by Gasteiger charge is -2.06. The Bertz CT molecular complexity index is 532. The number of benzene rings is 2. The van der Waals surface area contributed by atoms with Gasteiger partial charge in [0.1, 0.15) is 12.4 Å². The third-order valence-corrected chi connectivity index (χ3v) is 2.38. The number of rotatable bonds is 2. The molecule has 82 valence electrons. The van der Waals surface area contributed by atoms with Crippen LogP contribution in [-0.4, -0.2) is 11.1 Å². The molecule has 0 fully saturated rings. The smallest absolute Gasteiger partial charge is 0.302 e. The second-order valence-electron chi connectivity index (χ2n) is 3.61. The van der Waals surface area contributed by atoms with E-state index in [0.29, 0.717) is 5.56 Å². The molecule has 2 aromatic rings. The van der Waals surface area contributed by atoms with Gasteiger partial charge in [-0.25, -0.2) is 0 Å². The second kappa shape index (κ2) is 4.23. The molecule has 0 atom stereocenters. The van der Waals surface area contributed by atoms with Crippen molar-refractivity contribution in [2.45, 2.75) is 13.5 Å². The predicted octanol–water partition coefficient (Wildman–Crippen LogP) is 2.61. The van der Waals surface area contributed by atoms with E-state index in [1.165, 1.54) is 6.92 Å². The number of ether oxygens (including phenoxy) is 1. The molecule has 0 aromatic heterocycles. The maximum atomic E-state index is 10.7. The summed E-state index contributed by atoms with van der Waals surface area (Å²) in [5.41, 5.74) is 0.619. The largest absolute Gasteiger partial charge is 0.508 e. The zero-order chi connectivity index (χ0) is 11.5. The highest BCUT2D eigenvalue weighted by Gasteiger charge is 2.05. The Morgan fingerprint density at radius 3 is 2.50 bits per heavy atom. The van der Waals surface area contributed by atoms with E-state index in [2.05, 4.69) is 0 Å². The molecule has 0 aliphatic rings. The number of esters is 1. The van der Waals surface area contributed by atoms with Crippen molar-refractivity contribution < 1.29 is 14.6 Å². The van der Waals surface area contributed by atoms with Crippen molar-refractivity contribution in [3.8, 4) is 5.75 Å². The SMILES string of the molecule is CC(=O)OCc1cc2ccccc2cc1O.